The number of anilines is 1. The third-order valence-electron chi connectivity index (χ3n) is 5.52. The van der Waals surface area contributed by atoms with Gasteiger partial charge in [0.25, 0.3) is 0 Å². The zero-order valence-corrected chi connectivity index (χ0v) is 18.7. The molecule has 5 rings (SSSR count). The fourth-order valence-electron chi connectivity index (χ4n) is 3.78. The Balaban J connectivity index is 1.26. The van der Waals surface area contributed by atoms with Crippen molar-refractivity contribution in [2.45, 2.75) is 23.5 Å². The molecule has 0 bridgehead atoms. The van der Waals surface area contributed by atoms with E-state index in [-0.39, 0.29) is 11.8 Å². The van der Waals surface area contributed by atoms with Gasteiger partial charge in [-0.15, -0.1) is 11.8 Å². The van der Waals surface area contributed by atoms with Crippen molar-refractivity contribution in [2.75, 3.05) is 24.2 Å². The lowest BCUT2D eigenvalue weighted by Crippen LogP contribution is -2.51. The van der Waals surface area contributed by atoms with E-state index in [9.17, 15) is 9.59 Å². The molecule has 0 radical (unpaired) electrons. The van der Waals surface area contributed by atoms with Crippen LogP contribution in [0.3, 0.4) is 0 Å². The van der Waals surface area contributed by atoms with Crippen LogP contribution in [0, 0.1) is 0 Å². The molecule has 3 aromatic rings. The Hall–Kier alpha value is -3.11. The van der Waals surface area contributed by atoms with Crippen LogP contribution in [0.2, 0.25) is 5.15 Å². The van der Waals surface area contributed by atoms with Gasteiger partial charge in [-0.3, -0.25) is 19.7 Å². The summed E-state index contributed by atoms with van der Waals surface area (Å²) in [6.07, 6.45) is 0. The number of nitrogens with one attached hydrogen (secondary N) is 2. The summed E-state index contributed by atoms with van der Waals surface area (Å²) in [7, 11) is 1.70. The lowest BCUT2D eigenvalue weighted by Gasteiger charge is -2.22. The van der Waals surface area contributed by atoms with E-state index in [0.717, 1.165) is 27.0 Å². The Labute approximate surface area is 193 Å². The molecular formula is C21H20ClN7O2S. The van der Waals surface area contributed by atoms with Gasteiger partial charge in [0.15, 0.2) is 11.2 Å². The van der Waals surface area contributed by atoms with Crippen LogP contribution in [0.5, 0.6) is 0 Å². The molecule has 1 unspecified atom stereocenters. The Morgan fingerprint density at radius 1 is 1.31 bits per heavy atom. The minimum Gasteiger partial charge on any atom is -0.342 e. The fraction of sp³-hybridized carbons (Fsp3) is 0.286. The van der Waals surface area contributed by atoms with Gasteiger partial charge >= 0.3 is 0 Å². The van der Waals surface area contributed by atoms with Crippen molar-refractivity contribution in [1.29, 1.82) is 0 Å². The molecule has 0 spiro atoms. The van der Waals surface area contributed by atoms with Gasteiger partial charge < -0.3 is 10.2 Å². The predicted molar refractivity (Wildman–Crippen MR) is 123 cm³/mol. The third-order valence-corrected chi connectivity index (χ3v) is 6.95. The highest BCUT2D eigenvalue weighted by Crippen LogP contribution is 2.38. The van der Waals surface area contributed by atoms with Gasteiger partial charge in [0.1, 0.15) is 6.04 Å². The van der Waals surface area contributed by atoms with Crippen molar-refractivity contribution in [1.82, 2.24) is 20.5 Å². The van der Waals surface area contributed by atoms with E-state index in [0.29, 0.717) is 24.0 Å². The number of benzene rings is 2. The Morgan fingerprint density at radius 2 is 2.12 bits per heavy atom. The van der Waals surface area contributed by atoms with Crippen LogP contribution >= 0.6 is 23.4 Å². The van der Waals surface area contributed by atoms with Gasteiger partial charge in [-0.1, -0.05) is 47.2 Å². The number of amides is 2. The lowest BCUT2D eigenvalue weighted by atomic mass is 10.2. The van der Waals surface area contributed by atoms with E-state index < -0.39 is 12.1 Å². The van der Waals surface area contributed by atoms with E-state index in [2.05, 4.69) is 25.9 Å². The van der Waals surface area contributed by atoms with Crippen LogP contribution < -0.4 is 10.2 Å². The zero-order chi connectivity index (χ0) is 22.2. The average Bonchev–Trinajstić information content (AvgIpc) is 3.39. The summed E-state index contributed by atoms with van der Waals surface area (Å²) in [5, 5.41) is 20.9. The van der Waals surface area contributed by atoms with E-state index in [1.54, 1.807) is 17.0 Å². The summed E-state index contributed by atoms with van der Waals surface area (Å²) < 4.78 is 0. The highest BCUT2D eigenvalue weighted by atomic mass is 35.5. The highest BCUT2D eigenvalue weighted by Gasteiger charge is 2.34. The van der Waals surface area contributed by atoms with Crippen LogP contribution in [0.15, 0.2) is 57.7 Å². The second-order valence-corrected chi connectivity index (χ2v) is 9.12. The summed E-state index contributed by atoms with van der Waals surface area (Å²) in [4.78, 5) is 28.4. The molecule has 0 saturated carbocycles. The van der Waals surface area contributed by atoms with Gasteiger partial charge in [-0.2, -0.15) is 10.2 Å². The van der Waals surface area contributed by atoms with E-state index in [1.165, 1.54) is 11.8 Å². The zero-order valence-electron chi connectivity index (χ0n) is 17.2. The number of carbonyl (C=O) groups is 2. The third kappa shape index (κ3) is 3.91. The molecule has 2 aromatic carbocycles. The number of halogens is 1. The first kappa shape index (κ1) is 20.8. The van der Waals surface area contributed by atoms with Crippen molar-refractivity contribution < 1.29 is 9.59 Å². The molecule has 164 valence electrons. The number of nitrogens with zero attached hydrogens (tertiary/aromatic N) is 5. The lowest BCUT2D eigenvalue weighted by molar-refractivity contribution is -0.127. The second-order valence-electron chi connectivity index (χ2n) is 7.70. The SMILES string of the molecule is CN1C(=O)[C@@H](NC(=O)C2CN(Cc3ccccc3)N=N2)CSc2cc3[nH]nc(Cl)c3cc21. The van der Waals surface area contributed by atoms with Gasteiger partial charge in [-0.25, -0.2) is 0 Å². The second kappa shape index (κ2) is 8.44. The molecule has 32 heavy (non-hydrogen) atoms. The number of H-pyrrole nitrogens is 1. The Bertz CT molecular complexity index is 1220. The molecule has 2 N–H and O–H groups in total. The fourth-order valence-corrected chi connectivity index (χ4v) is 5.10. The summed E-state index contributed by atoms with van der Waals surface area (Å²) >= 11 is 7.64. The maximum atomic E-state index is 13.1. The number of rotatable bonds is 4. The number of thioether (sulfide) groups is 1. The number of hydrogen-bond acceptors (Lipinski definition) is 7. The van der Waals surface area contributed by atoms with Crippen molar-refractivity contribution >= 4 is 51.8 Å². The normalized spacial score (nSPS) is 20.5. The first-order chi connectivity index (χ1) is 15.5. The molecule has 0 fully saturated rings. The van der Waals surface area contributed by atoms with Crippen molar-refractivity contribution in [3.63, 3.8) is 0 Å². The molecule has 2 aliphatic heterocycles. The molecule has 1 aromatic heterocycles. The quantitative estimate of drug-likeness (QED) is 0.611. The maximum Gasteiger partial charge on any atom is 0.250 e. The molecule has 9 nitrogen and oxygen atoms in total. The topological polar surface area (TPSA) is 106 Å². The van der Waals surface area contributed by atoms with Crippen molar-refractivity contribution in [2.24, 2.45) is 10.3 Å². The number of carbonyl (C=O) groups excluding carboxylic acids is 2. The van der Waals surface area contributed by atoms with Gasteiger partial charge in [0.2, 0.25) is 11.8 Å². The number of aromatic nitrogens is 2. The Kier molecular flexibility index (Phi) is 5.48. The molecule has 3 heterocycles. The van der Waals surface area contributed by atoms with Gasteiger partial charge in [0, 0.05) is 23.1 Å². The molecule has 2 amide bonds. The maximum absolute atomic E-state index is 13.1. The van der Waals surface area contributed by atoms with Crippen molar-refractivity contribution in [3.8, 4) is 0 Å². The van der Waals surface area contributed by atoms with E-state index >= 15 is 0 Å². The molecular weight excluding hydrogens is 450 g/mol. The number of hydrogen-bond donors (Lipinski definition) is 2. The molecule has 0 saturated heterocycles. The Morgan fingerprint density at radius 3 is 2.94 bits per heavy atom. The van der Waals surface area contributed by atoms with Crippen LogP contribution in [-0.2, 0) is 16.1 Å². The van der Waals surface area contributed by atoms with Gasteiger partial charge in [0.05, 0.1) is 24.3 Å². The summed E-state index contributed by atoms with van der Waals surface area (Å²) in [6.45, 7) is 0.954. The smallest absolute Gasteiger partial charge is 0.250 e. The minimum atomic E-state index is -0.671. The first-order valence-corrected chi connectivity index (χ1v) is 11.4. The number of fused-ring (bicyclic) bond motifs is 2. The number of likely N-dealkylation sites (N-methyl/N-ethyl adjacent to an activating group) is 1. The summed E-state index contributed by atoms with van der Waals surface area (Å²) in [6, 6.07) is 12.3. The predicted octanol–water partition coefficient (Wildman–Crippen LogP) is 3.02. The molecule has 0 aliphatic carbocycles. The monoisotopic (exact) mass is 469 g/mol. The molecule has 2 atom stereocenters. The highest BCUT2D eigenvalue weighted by molar-refractivity contribution is 7.99. The van der Waals surface area contributed by atoms with Crippen molar-refractivity contribution in [3.05, 3.63) is 53.2 Å². The summed E-state index contributed by atoms with van der Waals surface area (Å²) in [5.74, 6) is -0.0889. The van der Waals surface area contributed by atoms with Crippen LogP contribution in [0.25, 0.3) is 10.9 Å². The molecule has 11 heteroatoms. The number of aromatic amines is 1. The average molecular weight is 470 g/mol. The van der Waals surface area contributed by atoms with Crippen LogP contribution in [0.1, 0.15) is 5.56 Å². The van der Waals surface area contributed by atoms with Gasteiger partial charge in [-0.05, 0) is 17.7 Å². The minimum absolute atomic E-state index is 0.195. The largest absolute Gasteiger partial charge is 0.342 e. The standard InChI is InChI=1S/C21H20ClN7O2S/c1-28-17-7-13-14(24-26-19(13)22)8-18(17)32-11-16(21(28)31)23-20(30)15-10-29(27-25-15)9-12-5-3-2-4-6-12/h2-8,15-16H,9-11H2,1H3,(H,23,30)(H,24,26)/t15?,16-/m0/s1. The van der Waals surface area contributed by atoms with E-state index in [1.807, 2.05) is 42.5 Å². The molecule has 2 aliphatic rings. The van der Waals surface area contributed by atoms with E-state index in [4.69, 9.17) is 11.6 Å². The summed E-state index contributed by atoms with van der Waals surface area (Å²) in [5.41, 5.74) is 2.63. The first-order valence-electron chi connectivity index (χ1n) is 10.1. The van der Waals surface area contributed by atoms with Crippen LogP contribution in [0.4, 0.5) is 5.69 Å². The van der Waals surface area contributed by atoms with Crippen LogP contribution in [-0.4, -0.2) is 58.4 Å².